The van der Waals surface area contributed by atoms with Gasteiger partial charge in [0.1, 0.15) is 0 Å². The molecule has 1 radical (unpaired) electrons. The minimum absolute atomic E-state index is 0. The molecule has 2 aromatic carbocycles. The summed E-state index contributed by atoms with van der Waals surface area (Å²) in [5.74, 6) is 0.713. The molecule has 1 N–H and O–H groups in total. The molecule has 0 atom stereocenters. The third kappa shape index (κ3) is 2.99. The van der Waals surface area contributed by atoms with Crippen molar-refractivity contribution in [2.24, 2.45) is 0 Å². The molecular weight excluding hydrogens is 452 g/mol. The van der Waals surface area contributed by atoms with E-state index in [1.807, 2.05) is 28.8 Å². The molecule has 0 saturated carbocycles. The molecule has 0 bridgehead atoms. The first-order valence-electron chi connectivity index (χ1n) is 6.90. The average Bonchev–Trinajstić information content (AvgIpc) is 2.80. The van der Waals surface area contributed by atoms with Crippen LogP contribution in [0.1, 0.15) is 16.7 Å². The number of hydrogen-bond donors (Lipinski definition) is 1. The Morgan fingerprint density at radius 3 is 2.36 bits per heavy atom. The molecule has 4 heteroatoms. The van der Waals surface area contributed by atoms with Gasteiger partial charge in [-0.25, -0.2) is 4.98 Å². The largest absolute Gasteiger partial charge is 0.493 e. The fraction of sp³-hybridized carbons (Fsp3) is 0.167. The van der Waals surface area contributed by atoms with E-state index in [1.54, 1.807) is 6.20 Å². The van der Waals surface area contributed by atoms with Crippen molar-refractivity contribution in [1.82, 2.24) is 9.55 Å². The summed E-state index contributed by atoms with van der Waals surface area (Å²) in [6.07, 6.45) is 1.65. The van der Waals surface area contributed by atoms with Gasteiger partial charge >= 0.3 is 0 Å². The second-order valence-electron chi connectivity index (χ2n) is 5.32. The minimum Gasteiger partial charge on any atom is -0.493 e. The van der Waals surface area contributed by atoms with Crippen molar-refractivity contribution in [3.63, 3.8) is 0 Å². The van der Waals surface area contributed by atoms with Crippen LogP contribution in [0.15, 0.2) is 42.6 Å². The molecule has 1 heterocycles. The molecule has 0 aliphatic heterocycles. The van der Waals surface area contributed by atoms with Crippen LogP contribution in [-0.4, -0.2) is 14.7 Å². The Balaban J connectivity index is 0.00000176. The number of rotatable bonds is 2. The number of aromatic hydroxyl groups is 1. The molecule has 0 saturated heterocycles. The molecule has 3 nitrogen and oxygen atoms in total. The third-order valence-corrected chi connectivity index (χ3v) is 3.52. The molecule has 0 aliphatic carbocycles. The summed E-state index contributed by atoms with van der Waals surface area (Å²) in [7, 11) is 0. The van der Waals surface area contributed by atoms with Gasteiger partial charge in [0, 0.05) is 25.8 Å². The van der Waals surface area contributed by atoms with Crippen molar-refractivity contribution in [2.75, 3.05) is 0 Å². The number of imidazole rings is 1. The maximum Gasteiger partial charge on any atom is 0.219 e. The van der Waals surface area contributed by atoms with Crippen LogP contribution in [0.5, 0.6) is 5.88 Å². The number of nitrogens with zero attached hydrogens (tertiary/aromatic N) is 2. The number of aryl methyl sites for hydroxylation is 3. The van der Waals surface area contributed by atoms with Gasteiger partial charge in [0.25, 0.3) is 0 Å². The van der Waals surface area contributed by atoms with Crippen molar-refractivity contribution in [1.29, 1.82) is 0 Å². The molecule has 3 rings (SSSR count). The first kappa shape index (κ1) is 16.5. The molecular formula is C18H17IrN2O-. The average molecular weight is 470 g/mol. The number of benzene rings is 2. The molecule has 1 aromatic heterocycles. The summed E-state index contributed by atoms with van der Waals surface area (Å²) >= 11 is 0. The number of aromatic nitrogens is 2. The second-order valence-corrected chi connectivity index (χ2v) is 5.32. The van der Waals surface area contributed by atoms with E-state index >= 15 is 0 Å². The molecule has 3 aromatic rings. The smallest absolute Gasteiger partial charge is 0.219 e. The molecule has 115 valence electrons. The molecule has 0 amide bonds. The zero-order valence-electron chi connectivity index (χ0n) is 12.7. The maximum absolute atomic E-state index is 9.85. The first-order chi connectivity index (χ1) is 10.1. The van der Waals surface area contributed by atoms with Crippen LogP contribution >= 0.6 is 0 Å². The van der Waals surface area contributed by atoms with Crippen molar-refractivity contribution < 1.29 is 25.2 Å². The van der Waals surface area contributed by atoms with Crippen LogP contribution < -0.4 is 0 Å². The van der Waals surface area contributed by atoms with Crippen molar-refractivity contribution in [3.05, 3.63) is 65.4 Å². The van der Waals surface area contributed by atoms with Gasteiger partial charge in [-0.05, 0) is 31.9 Å². The predicted octanol–water partition coefficient (Wildman–Crippen LogP) is 3.97. The van der Waals surface area contributed by atoms with Gasteiger partial charge in [0.2, 0.25) is 5.88 Å². The summed E-state index contributed by atoms with van der Waals surface area (Å²) in [5, 5.41) is 9.85. The van der Waals surface area contributed by atoms with Crippen LogP contribution in [0, 0.1) is 26.8 Å². The molecule has 0 spiro atoms. The molecule has 0 unspecified atom stereocenters. The topological polar surface area (TPSA) is 38.0 Å². The van der Waals surface area contributed by atoms with E-state index in [1.165, 1.54) is 5.56 Å². The summed E-state index contributed by atoms with van der Waals surface area (Å²) in [4.78, 5) is 4.25. The Bertz CT molecular complexity index is 771. The number of hydrogen-bond acceptors (Lipinski definition) is 2. The van der Waals surface area contributed by atoms with Crippen molar-refractivity contribution >= 4 is 0 Å². The third-order valence-electron chi connectivity index (χ3n) is 3.52. The SMILES string of the molecule is Cc1cc(C)c(-n2cc(O)nc2-c2[c-]cccc2)c(C)c1.[Ir]. The van der Waals surface area contributed by atoms with Gasteiger partial charge in [-0.3, -0.25) is 0 Å². The zero-order chi connectivity index (χ0) is 15.0. The Morgan fingerprint density at radius 1 is 1.09 bits per heavy atom. The fourth-order valence-corrected chi connectivity index (χ4v) is 2.81. The Kier molecular flexibility index (Phi) is 4.84. The van der Waals surface area contributed by atoms with Gasteiger partial charge in [0.05, 0.1) is 12.0 Å². The van der Waals surface area contributed by atoms with Gasteiger partial charge < -0.3 is 9.67 Å². The molecule has 22 heavy (non-hydrogen) atoms. The van der Waals surface area contributed by atoms with E-state index in [4.69, 9.17) is 0 Å². The van der Waals surface area contributed by atoms with Crippen LogP contribution in [0.2, 0.25) is 0 Å². The molecule has 0 aliphatic rings. The van der Waals surface area contributed by atoms with Crippen LogP contribution in [-0.2, 0) is 20.1 Å². The van der Waals surface area contributed by atoms with Gasteiger partial charge in [-0.15, -0.1) is 35.9 Å². The predicted molar refractivity (Wildman–Crippen MR) is 83.7 cm³/mol. The maximum atomic E-state index is 9.85. The summed E-state index contributed by atoms with van der Waals surface area (Å²) in [6, 6.07) is 15.1. The molecule has 0 fully saturated rings. The van der Waals surface area contributed by atoms with Gasteiger partial charge in [-0.1, -0.05) is 17.7 Å². The quantitative estimate of drug-likeness (QED) is 0.577. The summed E-state index contributed by atoms with van der Waals surface area (Å²) in [6.45, 7) is 6.23. The van der Waals surface area contributed by atoms with Crippen molar-refractivity contribution in [3.8, 4) is 23.0 Å². The van der Waals surface area contributed by atoms with E-state index in [2.05, 4.69) is 44.0 Å². The normalized spacial score (nSPS) is 10.3. The summed E-state index contributed by atoms with van der Waals surface area (Å²) in [5.41, 5.74) is 5.45. The van der Waals surface area contributed by atoms with E-state index in [0.29, 0.717) is 5.82 Å². The van der Waals surface area contributed by atoms with Gasteiger partial charge in [-0.2, -0.15) is 0 Å². The van der Waals surface area contributed by atoms with E-state index in [9.17, 15) is 5.11 Å². The zero-order valence-corrected chi connectivity index (χ0v) is 15.1. The Hall–Kier alpha value is -1.90. The summed E-state index contributed by atoms with van der Waals surface area (Å²) < 4.78 is 1.94. The van der Waals surface area contributed by atoms with E-state index < -0.39 is 0 Å². The van der Waals surface area contributed by atoms with Crippen LogP contribution in [0.3, 0.4) is 0 Å². The van der Waals surface area contributed by atoms with Crippen LogP contribution in [0.4, 0.5) is 0 Å². The Labute approximate surface area is 144 Å². The van der Waals surface area contributed by atoms with Crippen molar-refractivity contribution in [2.45, 2.75) is 20.8 Å². The second kappa shape index (κ2) is 6.47. The monoisotopic (exact) mass is 470 g/mol. The Morgan fingerprint density at radius 2 is 1.77 bits per heavy atom. The fourth-order valence-electron chi connectivity index (χ4n) is 2.81. The van der Waals surface area contributed by atoms with E-state index in [-0.39, 0.29) is 26.0 Å². The standard InChI is InChI=1S/C18H17N2O.Ir/c1-12-9-13(2)17(14(3)10-12)20-11-16(21)19-18(20)15-7-5-4-6-8-15;/h4-7,9-11,21H,1-3H3;/q-1;. The van der Waals surface area contributed by atoms with E-state index in [0.717, 1.165) is 22.4 Å². The minimum atomic E-state index is 0. The van der Waals surface area contributed by atoms with Crippen LogP contribution in [0.25, 0.3) is 17.1 Å². The van der Waals surface area contributed by atoms with Gasteiger partial charge in [0.15, 0.2) is 0 Å². The first-order valence-corrected chi connectivity index (χ1v) is 6.90.